The summed E-state index contributed by atoms with van der Waals surface area (Å²) < 4.78 is 5.98. The average Bonchev–Trinajstić information content (AvgIpc) is 2.82. The van der Waals surface area contributed by atoms with Gasteiger partial charge in [-0.1, -0.05) is 36.4 Å². The molecule has 3 heteroatoms. The van der Waals surface area contributed by atoms with Gasteiger partial charge in [0.2, 0.25) is 0 Å². The number of ether oxygens (including phenoxy) is 1. The molecule has 0 radical (unpaired) electrons. The zero-order chi connectivity index (χ0) is 17.1. The summed E-state index contributed by atoms with van der Waals surface area (Å²) >= 11 is 0. The van der Waals surface area contributed by atoms with E-state index in [0.717, 1.165) is 18.6 Å². The van der Waals surface area contributed by atoms with Crippen molar-refractivity contribution in [1.82, 2.24) is 0 Å². The van der Waals surface area contributed by atoms with Gasteiger partial charge in [0.1, 0.15) is 11.5 Å². The molecule has 1 N–H and O–H groups in total. The summed E-state index contributed by atoms with van der Waals surface area (Å²) in [6.07, 6.45) is 1.90. The van der Waals surface area contributed by atoms with E-state index in [1.807, 2.05) is 18.2 Å². The number of benzene rings is 3. The first-order valence-electron chi connectivity index (χ1n) is 8.77. The van der Waals surface area contributed by atoms with E-state index < -0.39 is 0 Å². The summed E-state index contributed by atoms with van der Waals surface area (Å²) in [6.45, 7) is 0.662. The van der Waals surface area contributed by atoms with Crippen molar-refractivity contribution in [3.63, 3.8) is 0 Å². The molecule has 0 saturated heterocycles. The first-order chi connectivity index (χ1) is 12.3. The molecule has 26 heavy (non-hydrogen) atoms. The molecule has 2 nitrogen and oxygen atoms in total. The van der Waals surface area contributed by atoms with E-state index in [1.54, 1.807) is 12.1 Å². The van der Waals surface area contributed by atoms with Crippen LogP contribution in [-0.4, -0.2) is 11.7 Å². The van der Waals surface area contributed by atoms with E-state index >= 15 is 0 Å². The first kappa shape index (κ1) is 18.7. The third-order valence-corrected chi connectivity index (χ3v) is 5.04. The second-order valence-electron chi connectivity index (χ2n) is 6.60. The van der Waals surface area contributed by atoms with Gasteiger partial charge >= 0.3 is 0 Å². The molecule has 1 aliphatic heterocycles. The molecule has 2 unspecified atom stereocenters. The van der Waals surface area contributed by atoms with E-state index in [-0.39, 0.29) is 26.8 Å². The van der Waals surface area contributed by atoms with E-state index in [2.05, 4.69) is 48.5 Å². The van der Waals surface area contributed by atoms with Crippen LogP contribution in [0.15, 0.2) is 72.8 Å². The van der Waals surface area contributed by atoms with Crippen molar-refractivity contribution in [2.45, 2.75) is 24.7 Å². The van der Waals surface area contributed by atoms with E-state index in [9.17, 15) is 5.11 Å². The molecule has 0 aliphatic carbocycles. The minimum Gasteiger partial charge on any atom is -0.508 e. The zero-order valence-corrected chi connectivity index (χ0v) is 17.4. The molecule has 0 bridgehead atoms. The van der Waals surface area contributed by atoms with Gasteiger partial charge in [-0.25, -0.2) is 0 Å². The van der Waals surface area contributed by atoms with Gasteiger partial charge in [0.05, 0.1) is 6.61 Å². The Morgan fingerprint density at radius 1 is 1.00 bits per heavy atom. The Balaban J connectivity index is 0.00000196. The summed E-state index contributed by atoms with van der Waals surface area (Å²) in [5.41, 5.74) is 3.82. The number of hydrogen-bond acceptors (Lipinski definition) is 2. The molecule has 0 fully saturated rings. The molecule has 1 heterocycles. The minimum atomic E-state index is 0. The summed E-state index contributed by atoms with van der Waals surface area (Å²) in [5.74, 6) is 1.76. The standard InChI is InChI=1S/C23H21O2.W/c24-19-11-12-21-22(15-17-7-3-1-4-8-17)20(13-14-25-23(21)16-19)18-9-5-2-6-10-18;/h2-12,16,20,22,24H,13-15H2;/q-1;. The molecule has 0 aromatic heterocycles. The fourth-order valence-electron chi connectivity index (χ4n) is 3.83. The van der Waals surface area contributed by atoms with Crippen molar-refractivity contribution in [3.8, 4) is 11.5 Å². The molecular weight excluding hydrogens is 492 g/mol. The van der Waals surface area contributed by atoms with Crippen molar-refractivity contribution >= 4 is 0 Å². The third-order valence-electron chi connectivity index (χ3n) is 5.04. The molecule has 2 atom stereocenters. The van der Waals surface area contributed by atoms with Gasteiger partial charge in [-0.15, -0.1) is 0 Å². The molecule has 3 aromatic carbocycles. The van der Waals surface area contributed by atoms with Crippen LogP contribution < -0.4 is 4.74 Å². The molecule has 0 amide bonds. The Kier molecular flexibility index (Phi) is 6.16. The quantitative estimate of drug-likeness (QED) is 0.496. The van der Waals surface area contributed by atoms with E-state index in [0.29, 0.717) is 18.4 Å². The second-order valence-corrected chi connectivity index (χ2v) is 6.60. The molecule has 3 aromatic rings. The molecule has 132 valence electrons. The predicted octanol–water partition coefficient (Wildman–Crippen LogP) is 5.08. The number of fused-ring (bicyclic) bond motifs is 1. The molecular formula is C23H21O2W-. The van der Waals surface area contributed by atoms with Gasteiger partial charge in [-0.3, -0.25) is 0 Å². The van der Waals surface area contributed by atoms with Crippen LogP contribution in [0.1, 0.15) is 34.9 Å². The predicted molar refractivity (Wildman–Crippen MR) is 99.1 cm³/mol. The third kappa shape index (κ3) is 4.02. The Morgan fingerprint density at radius 2 is 1.77 bits per heavy atom. The SMILES string of the molecule is Oc1ccc2c(c1)OCCC(c1ccccc1)C2Cc1cc[c-]cc1.[W]. The van der Waals surface area contributed by atoms with Crippen LogP contribution in [0.4, 0.5) is 0 Å². The Labute approximate surface area is 169 Å². The topological polar surface area (TPSA) is 29.5 Å². The molecule has 0 spiro atoms. The first-order valence-corrected chi connectivity index (χ1v) is 8.77. The van der Waals surface area contributed by atoms with Crippen molar-refractivity contribution in [3.05, 3.63) is 95.6 Å². The second kappa shape index (κ2) is 8.55. The minimum absolute atomic E-state index is 0. The van der Waals surface area contributed by atoms with Crippen molar-refractivity contribution < 1.29 is 30.9 Å². The van der Waals surface area contributed by atoms with Crippen molar-refractivity contribution in [2.75, 3.05) is 6.61 Å². The molecule has 1 aliphatic rings. The summed E-state index contributed by atoms with van der Waals surface area (Å²) in [4.78, 5) is 0. The van der Waals surface area contributed by atoms with Crippen LogP contribution in [0.5, 0.6) is 11.5 Å². The summed E-state index contributed by atoms with van der Waals surface area (Å²) in [7, 11) is 0. The molecule has 4 rings (SSSR count). The van der Waals surface area contributed by atoms with E-state index in [1.165, 1.54) is 16.7 Å². The fraction of sp³-hybridized carbons (Fsp3) is 0.217. The van der Waals surface area contributed by atoms with Crippen LogP contribution in [0.25, 0.3) is 0 Å². The van der Waals surface area contributed by atoms with Crippen molar-refractivity contribution in [1.29, 1.82) is 0 Å². The van der Waals surface area contributed by atoms with Gasteiger partial charge in [-0.05, 0) is 41.9 Å². The fourth-order valence-corrected chi connectivity index (χ4v) is 3.83. The summed E-state index contributed by atoms with van der Waals surface area (Å²) in [6, 6.07) is 27.5. The summed E-state index contributed by atoms with van der Waals surface area (Å²) in [5, 5.41) is 9.85. The van der Waals surface area contributed by atoms with Gasteiger partial charge < -0.3 is 9.84 Å². The zero-order valence-electron chi connectivity index (χ0n) is 14.5. The van der Waals surface area contributed by atoms with Crippen LogP contribution in [0, 0.1) is 6.07 Å². The van der Waals surface area contributed by atoms with Crippen LogP contribution in [-0.2, 0) is 27.5 Å². The van der Waals surface area contributed by atoms with Gasteiger partial charge in [0.15, 0.2) is 0 Å². The van der Waals surface area contributed by atoms with Gasteiger partial charge in [0, 0.05) is 27.1 Å². The Hall–Kier alpha value is -2.05. The van der Waals surface area contributed by atoms with Crippen LogP contribution in [0.2, 0.25) is 0 Å². The number of rotatable bonds is 3. The van der Waals surface area contributed by atoms with Crippen LogP contribution in [0.3, 0.4) is 0 Å². The number of aromatic hydroxyl groups is 1. The molecule has 0 saturated carbocycles. The van der Waals surface area contributed by atoms with Crippen LogP contribution >= 0.6 is 0 Å². The number of hydrogen-bond donors (Lipinski definition) is 1. The van der Waals surface area contributed by atoms with Gasteiger partial charge in [-0.2, -0.15) is 35.9 Å². The Morgan fingerprint density at radius 3 is 2.54 bits per heavy atom. The maximum absolute atomic E-state index is 9.85. The van der Waals surface area contributed by atoms with Gasteiger partial charge in [0.25, 0.3) is 0 Å². The van der Waals surface area contributed by atoms with Crippen molar-refractivity contribution in [2.24, 2.45) is 0 Å². The normalized spacial score (nSPS) is 18.8. The number of phenols is 1. The monoisotopic (exact) mass is 513 g/mol. The average molecular weight is 513 g/mol. The number of phenolic OH excluding ortho intramolecular Hbond substituents is 1. The maximum atomic E-state index is 9.85. The Bertz CT molecular complexity index is 833. The van der Waals surface area contributed by atoms with E-state index in [4.69, 9.17) is 4.74 Å². The maximum Gasteiger partial charge on any atom is 0.126 e. The largest absolute Gasteiger partial charge is 0.508 e. The smallest absolute Gasteiger partial charge is 0.126 e.